The highest BCUT2D eigenvalue weighted by atomic mass is 32.1. The first-order chi connectivity index (χ1) is 11.5. The summed E-state index contributed by atoms with van der Waals surface area (Å²) in [7, 11) is 1.35. The van der Waals surface area contributed by atoms with E-state index in [2.05, 4.69) is 17.5 Å². The van der Waals surface area contributed by atoms with Crippen molar-refractivity contribution in [3.05, 3.63) is 52.2 Å². The molecule has 1 heterocycles. The third kappa shape index (κ3) is 4.36. The van der Waals surface area contributed by atoms with Gasteiger partial charge in [-0.05, 0) is 42.5 Å². The summed E-state index contributed by atoms with van der Waals surface area (Å²) < 4.78 is 10.8. The largest absolute Gasteiger partial charge is 0.488 e. The molecule has 24 heavy (non-hydrogen) atoms. The molecule has 2 rings (SSSR count). The minimum atomic E-state index is -1.14. The molecular weight excluding hydrogens is 322 g/mol. The molecule has 0 radical (unpaired) electrons. The lowest BCUT2D eigenvalue weighted by molar-refractivity contribution is -0.151. The second-order valence-electron chi connectivity index (χ2n) is 5.94. The molecule has 1 aromatic carbocycles. The van der Waals surface area contributed by atoms with Gasteiger partial charge in [0.2, 0.25) is 0 Å². The fraction of sp³-hybridized carbons (Fsp3) is 0.421. The van der Waals surface area contributed by atoms with Crippen LogP contribution in [0.4, 0.5) is 0 Å². The fourth-order valence-electron chi connectivity index (χ4n) is 2.68. The molecule has 0 saturated heterocycles. The maximum Gasteiger partial charge on any atom is 0.329 e. The van der Waals surface area contributed by atoms with E-state index in [9.17, 15) is 4.79 Å². The SMILES string of the molecule is CCCC(N)(C(=O)OC)C(C)Oc1ccc(Cc2cccs2)cc1. The van der Waals surface area contributed by atoms with Crippen molar-refractivity contribution in [2.75, 3.05) is 7.11 Å². The van der Waals surface area contributed by atoms with Gasteiger partial charge in [-0.1, -0.05) is 31.5 Å². The predicted molar refractivity (Wildman–Crippen MR) is 97.5 cm³/mol. The Labute approximate surface area is 147 Å². The fourth-order valence-corrected chi connectivity index (χ4v) is 3.42. The molecule has 5 heteroatoms. The van der Waals surface area contributed by atoms with Crippen LogP contribution in [0.1, 0.15) is 37.1 Å². The number of hydrogen-bond acceptors (Lipinski definition) is 5. The lowest BCUT2D eigenvalue weighted by Gasteiger charge is -2.32. The van der Waals surface area contributed by atoms with Crippen LogP contribution in [0.3, 0.4) is 0 Å². The van der Waals surface area contributed by atoms with E-state index < -0.39 is 17.6 Å². The van der Waals surface area contributed by atoms with Gasteiger partial charge >= 0.3 is 5.97 Å². The van der Waals surface area contributed by atoms with Gasteiger partial charge in [0.1, 0.15) is 11.9 Å². The molecular formula is C19H25NO3S. The molecule has 2 N–H and O–H groups in total. The van der Waals surface area contributed by atoms with E-state index in [-0.39, 0.29) is 0 Å². The monoisotopic (exact) mass is 347 g/mol. The zero-order chi connectivity index (χ0) is 17.6. The Morgan fingerprint density at radius 2 is 2.00 bits per heavy atom. The minimum Gasteiger partial charge on any atom is -0.488 e. The van der Waals surface area contributed by atoms with Crippen LogP contribution in [0.25, 0.3) is 0 Å². The zero-order valence-electron chi connectivity index (χ0n) is 14.5. The Hall–Kier alpha value is -1.85. The maximum absolute atomic E-state index is 12.1. The van der Waals surface area contributed by atoms with Gasteiger partial charge in [0.25, 0.3) is 0 Å². The quantitative estimate of drug-likeness (QED) is 0.738. The number of benzene rings is 1. The van der Waals surface area contributed by atoms with Crippen molar-refractivity contribution >= 4 is 17.3 Å². The van der Waals surface area contributed by atoms with Crippen molar-refractivity contribution in [3.8, 4) is 5.75 Å². The number of hydrogen-bond donors (Lipinski definition) is 1. The van der Waals surface area contributed by atoms with E-state index in [4.69, 9.17) is 15.2 Å². The van der Waals surface area contributed by atoms with E-state index in [0.717, 1.165) is 12.8 Å². The standard InChI is InChI=1S/C19H25NO3S/c1-4-11-19(20,18(21)22-3)14(2)23-16-9-7-15(8-10-16)13-17-6-5-12-24-17/h5-10,12,14H,4,11,13,20H2,1-3H3. The molecule has 0 bridgehead atoms. The Bertz CT molecular complexity index is 639. The average molecular weight is 347 g/mol. The zero-order valence-corrected chi connectivity index (χ0v) is 15.3. The number of esters is 1. The van der Waals surface area contributed by atoms with Gasteiger partial charge in [-0.3, -0.25) is 0 Å². The van der Waals surface area contributed by atoms with Crippen molar-refractivity contribution in [1.82, 2.24) is 0 Å². The number of methoxy groups -OCH3 is 1. The Morgan fingerprint density at radius 3 is 2.54 bits per heavy atom. The highest BCUT2D eigenvalue weighted by Crippen LogP contribution is 2.24. The van der Waals surface area contributed by atoms with Crippen LogP contribution >= 0.6 is 11.3 Å². The van der Waals surface area contributed by atoms with Crippen LogP contribution in [0, 0.1) is 0 Å². The molecule has 2 aromatic rings. The molecule has 0 aliphatic heterocycles. The molecule has 0 spiro atoms. The van der Waals surface area contributed by atoms with Gasteiger partial charge in [-0.25, -0.2) is 4.79 Å². The van der Waals surface area contributed by atoms with Crippen molar-refractivity contribution in [2.45, 2.75) is 44.8 Å². The van der Waals surface area contributed by atoms with E-state index in [1.54, 1.807) is 11.3 Å². The van der Waals surface area contributed by atoms with Gasteiger partial charge < -0.3 is 15.2 Å². The summed E-state index contributed by atoms with van der Waals surface area (Å²) in [6, 6.07) is 12.1. The molecule has 0 saturated carbocycles. The molecule has 0 aliphatic carbocycles. The summed E-state index contributed by atoms with van der Waals surface area (Å²) in [6.45, 7) is 3.79. The van der Waals surface area contributed by atoms with E-state index in [0.29, 0.717) is 12.2 Å². The first kappa shape index (κ1) is 18.5. The molecule has 2 atom stereocenters. The Balaban J connectivity index is 2.04. The highest BCUT2D eigenvalue weighted by Gasteiger charge is 2.41. The lowest BCUT2D eigenvalue weighted by atomic mass is 9.89. The second kappa shape index (κ2) is 8.31. The van der Waals surface area contributed by atoms with Crippen LogP contribution in [0.2, 0.25) is 0 Å². The number of carbonyl (C=O) groups is 1. The van der Waals surface area contributed by atoms with Gasteiger partial charge in [-0.15, -0.1) is 11.3 Å². The van der Waals surface area contributed by atoms with Gasteiger partial charge in [0.15, 0.2) is 5.54 Å². The van der Waals surface area contributed by atoms with Crippen molar-refractivity contribution in [3.63, 3.8) is 0 Å². The summed E-state index contributed by atoms with van der Waals surface area (Å²) in [6.07, 6.45) is 1.72. The van der Waals surface area contributed by atoms with Crippen molar-refractivity contribution in [2.24, 2.45) is 5.73 Å². The number of nitrogens with two attached hydrogens (primary N) is 1. The summed E-state index contributed by atoms with van der Waals surface area (Å²) in [5.74, 6) is 0.262. The third-order valence-corrected chi connectivity index (χ3v) is 5.03. The molecule has 2 unspecified atom stereocenters. The minimum absolute atomic E-state index is 0.439. The first-order valence-corrected chi connectivity index (χ1v) is 9.02. The summed E-state index contributed by atoms with van der Waals surface area (Å²) in [5.41, 5.74) is 6.36. The first-order valence-electron chi connectivity index (χ1n) is 8.15. The number of carbonyl (C=O) groups excluding carboxylic acids is 1. The molecule has 0 fully saturated rings. The van der Waals surface area contributed by atoms with Crippen LogP contribution in [0.15, 0.2) is 41.8 Å². The molecule has 4 nitrogen and oxygen atoms in total. The summed E-state index contributed by atoms with van der Waals surface area (Å²) in [5, 5.41) is 2.08. The highest BCUT2D eigenvalue weighted by molar-refractivity contribution is 7.09. The maximum atomic E-state index is 12.1. The van der Waals surface area contributed by atoms with Crippen LogP contribution in [0.5, 0.6) is 5.75 Å². The number of ether oxygens (including phenoxy) is 2. The predicted octanol–water partition coefficient (Wildman–Crippen LogP) is 3.78. The van der Waals surface area contributed by atoms with E-state index >= 15 is 0 Å². The summed E-state index contributed by atoms with van der Waals surface area (Å²) in [4.78, 5) is 13.4. The average Bonchev–Trinajstić information content (AvgIpc) is 3.09. The molecule has 0 amide bonds. The van der Waals surface area contributed by atoms with Crippen LogP contribution in [-0.4, -0.2) is 24.7 Å². The number of thiophene rings is 1. The van der Waals surface area contributed by atoms with E-state index in [1.165, 1.54) is 17.6 Å². The molecule has 130 valence electrons. The van der Waals surface area contributed by atoms with Crippen LogP contribution in [-0.2, 0) is 16.0 Å². The van der Waals surface area contributed by atoms with E-state index in [1.807, 2.05) is 38.1 Å². The van der Waals surface area contributed by atoms with Gasteiger partial charge in [0.05, 0.1) is 7.11 Å². The third-order valence-electron chi connectivity index (χ3n) is 4.15. The van der Waals surface area contributed by atoms with Gasteiger partial charge in [0, 0.05) is 11.3 Å². The normalized spacial score (nSPS) is 14.7. The number of rotatable bonds is 8. The van der Waals surface area contributed by atoms with Gasteiger partial charge in [-0.2, -0.15) is 0 Å². The van der Waals surface area contributed by atoms with Crippen LogP contribution < -0.4 is 10.5 Å². The van der Waals surface area contributed by atoms with Crippen molar-refractivity contribution < 1.29 is 14.3 Å². The topological polar surface area (TPSA) is 61.6 Å². The molecule has 0 aliphatic rings. The summed E-state index contributed by atoms with van der Waals surface area (Å²) >= 11 is 1.75. The Kier molecular flexibility index (Phi) is 6.40. The second-order valence-corrected chi connectivity index (χ2v) is 6.97. The smallest absolute Gasteiger partial charge is 0.329 e. The Morgan fingerprint density at radius 1 is 1.29 bits per heavy atom. The van der Waals surface area contributed by atoms with Crippen molar-refractivity contribution in [1.29, 1.82) is 0 Å². The lowest BCUT2D eigenvalue weighted by Crippen LogP contribution is -2.58. The molecule has 1 aromatic heterocycles.